The predicted octanol–water partition coefficient (Wildman–Crippen LogP) is 1.25. The van der Waals surface area contributed by atoms with Crippen LogP contribution >= 0.6 is 0 Å². The molecule has 1 saturated heterocycles. The van der Waals surface area contributed by atoms with E-state index < -0.39 is 0 Å². The van der Waals surface area contributed by atoms with Gasteiger partial charge < -0.3 is 24.0 Å². The van der Waals surface area contributed by atoms with E-state index in [1.54, 1.807) is 29.1 Å². The number of amides is 2. The van der Waals surface area contributed by atoms with E-state index in [1.165, 1.54) is 24.7 Å². The Hall–Kier alpha value is -3.62. The van der Waals surface area contributed by atoms with Gasteiger partial charge in [0.15, 0.2) is 11.5 Å². The van der Waals surface area contributed by atoms with E-state index in [1.807, 2.05) is 6.07 Å². The van der Waals surface area contributed by atoms with Gasteiger partial charge in [0.1, 0.15) is 18.9 Å². The van der Waals surface area contributed by atoms with E-state index in [-0.39, 0.29) is 11.8 Å². The first-order valence-corrected chi connectivity index (χ1v) is 9.65. The molecule has 9 heteroatoms. The van der Waals surface area contributed by atoms with Gasteiger partial charge in [-0.25, -0.2) is 4.98 Å². The van der Waals surface area contributed by atoms with Crippen molar-refractivity contribution >= 4 is 17.9 Å². The van der Waals surface area contributed by atoms with Gasteiger partial charge in [0.2, 0.25) is 11.7 Å². The van der Waals surface area contributed by atoms with Gasteiger partial charge in [0, 0.05) is 44.6 Å². The molecule has 0 aliphatic carbocycles. The molecule has 156 valence electrons. The Morgan fingerprint density at radius 1 is 1.07 bits per heavy atom. The number of hydrogen-bond donors (Lipinski definition) is 0. The van der Waals surface area contributed by atoms with Crippen molar-refractivity contribution in [2.45, 2.75) is 0 Å². The molecular weight excluding hydrogens is 388 g/mol. The SMILES string of the molecule is COc1cc(/C=C/C(=O)N2CCN(C(=O)c3cnccn3)CC2)cc2c1OCCO2. The number of carbonyl (C=O) groups excluding carboxylic acids is 2. The lowest BCUT2D eigenvalue weighted by Gasteiger charge is -2.34. The molecule has 2 aromatic rings. The summed E-state index contributed by atoms with van der Waals surface area (Å²) in [4.78, 5) is 36.4. The molecule has 0 radical (unpaired) electrons. The number of methoxy groups -OCH3 is 1. The first kappa shape index (κ1) is 19.7. The fraction of sp³-hybridized carbons (Fsp3) is 0.333. The summed E-state index contributed by atoms with van der Waals surface area (Å²) in [6.45, 7) is 2.76. The molecule has 0 bridgehead atoms. The van der Waals surface area contributed by atoms with Crippen LogP contribution in [-0.4, -0.2) is 78.1 Å². The summed E-state index contributed by atoms with van der Waals surface area (Å²) in [5.74, 6) is 1.46. The van der Waals surface area contributed by atoms with Gasteiger partial charge in [-0.1, -0.05) is 0 Å². The number of piperazine rings is 1. The highest BCUT2D eigenvalue weighted by molar-refractivity contribution is 5.93. The van der Waals surface area contributed by atoms with Crippen molar-refractivity contribution in [1.82, 2.24) is 19.8 Å². The minimum Gasteiger partial charge on any atom is -0.493 e. The van der Waals surface area contributed by atoms with E-state index in [0.717, 1.165) is 5.56 Å². The third-order valence-electron chi connectivity index (χ3n) is 4.93. The number of hydrogen-bond acceptors (Lipinski definition) is 7. The molecule has 2 aliphatic rings. The molecule has 2 aliphatic heterocycles. The Balaban J connectivity index is 1.37. The van der Waals surface area contributed by atoms with Crippen molar-refractivity contribution in [1.29, 1.82) is 0 Å². The lowest BCUT2D eigenvalue weighted by atomic mass is 10.1. The predicted molar refractivity (Wildman–Crippen MR) is 108 cm³/mol. The Labute approximate surface area is 173 Å². The fourth-order valence-electron chi connectivity index (χ4n) is 3.36. The van der Waals surface area contributed by atoms with Crippen molar-refractivity contribution in [2.75, 3.05) is 46.5 Å². The van der Waals surface area contributed by atoms with E-state index in [9.17, 15) is 9.59 Å². The smallest absolute Gasteiger partial charge is 0.274 e. The number of nitrogens with zero attached hydrogens (tertiary/aromatic N) is 4. The molecule has 0 atom stereocenters. The topological polar surface area (TPSA) is 94.1 Å². The third-order valence-corrected chi connectivity index (χ3v) is 4.93. The minimum absolute atomic E-state index is 0.115. The minimum atomic E-state index is -0.172. The van der Waals surface area contributed by atoms with Crippen LogP contribution < -0.4 is 14.2 Å². The van der Waals surface area contributed by atoms with Crippen LogP contribution in [0.1, 0.15) is 16.1 Å². The maximum Gasteiger partial charge on any atom is 0.274 e. The first-order chi connectivity index (χ1) is 14.7. The standard InChI is InChI=1S/C21H22N4O5/c1-28-17-12-15(13-18-20(17)30-11-10-29-18)2-3-19(26)24-6-8-25(9-7-24)21(27)16-14-22-4-5-23-16/h2-5,12-14H,6-11H2,1H3/b3-2+. The maximum absolute atomic E-state index is 12.6. The normalized spacial score (nSPS) is 15.9. The zero-order chi connectivity index (χ0) is 20.9. The maximum atomic E-state index is 12.6. The average Bonchev–Trinajstić information content (AvgIpc) is 2.82. The van der Waals surface area contributed by atoms with Gasteiger partial charge in [0.05, 0.1) is 13.3 Å². The Morgan fingerprint density at radius 2 is 1.83 bits per heavy atom. The second-order valence-electron chi connectivity index (χ2n) is 6.79. The lowest BCUT2D eigenvalue weighted by molar-refractivity contribution is -0.127. The van der Waals surface area contributed by atoms with Crippen molar-refractivity contribution < 1.29 is 23.8 Å². The number of rotatable bonds is 4. The van der Waals surface area contributed by atoms with Crippen molar-refractivity contribution in [3.8, 4) is 17.2 Å². The lowest BCUT2D eigenvalue weighted by Crippen LogP contribution is -2.50. The van der Waals surface area contributed by atoms with E-state index >= 15 is 0 Å². The molecule has 9 nitrogen and oxygen atoms in total. The molecule has 1 aromatic carbocycles. The second kappa shape index (κ2) is 8.81. The zero-order valence-corrected chi connectivity index (χ0v) is 16.6. The van der Waals surface area contributed by atoms with Gasteiger partial charge in [-0.2, -0.15) is 0 Å². The molecule has 1 aromatic heterocycles. The Bertz CT molecular complexity index is 938. The van der Waals surface area contributed by atoms with Gasteiger partial charge in [0.25, 0.3) is 5.91 Å². The van der Waals surface area contributed by atoms with Crippen LogP contribution in [0.3, 0.4) is 0 Å². The second-order valence-corrected chi connectivity index (χ2v) is 6.79. The van der Waals surface area contributed by atoms with Crippen molar-refractivity contribution in [3.05, 3.63) is 48.1 Å². The number of ether oxygens (including phenoxy) is 3. The highest BCUT2D eigenvalue weighted by Crippen LogP contribution is 2.40. The van der Waals surface area contributed by atoms with E-state index in [4.69, 9.17) is 14.2 Å². The Morgan fingerprint density at radius 3 is 2.57 bits per heavy atom. The van der Waals surface area contributed by atoms with Crippen LogP contribution in [0.15, 0.2) is 36.8 Å². The monoisotopic (exact) mass is 410 g/mol. The van der Waals surface area contributed by atoms with Crippen LogP contribution in [0.5, 0.6) is 17.2 Å². The summed E-state index contributed by atoms with van der Waals surface area (Å²) < 4.78 is 16.6. The first-order valence-electron chi connectivity index (χ1n) is 9.65. The number of benzene rings is 1. The van der Waals surface area contributed by atoms with Gasteiger partial charge in [-0.15, -0.1) is 0 Å². The third kappa shape index (κ3) is 4.19. The highest BCUT2D eigenvalue weighted by atomic mass is 16.6. The Kier molecular flexibility index (Phi) is 5.78. The zero-order valence-electron chi connectivity index (χ0n) is 16.6. The molecule has 0 spiro atoms. The van der Waals surface area contributed by atoms with Gasteiger partial charge in [-0.05, 0) is 23.8 Å². The molecule has 30 heavy (non-hydrogen) atoms. The fourth-order valence-corrected chi connectivity index (χ4v) is 3.36. The van der Waals surface area contributed by atoms with Crippen LogP contribution in [0.25, 0.3) is 6.08 Å². The largest absolute Gasteiger partial charge is 0.493 e. The van der Waals surface area contributed by atoms with Gasteiger partial charge in [-0.3, -0.25) is 14.6 Å². The van der Waals surface area contributed by atoms with E-state index in [0.29, 0.717) is 62.3 Å². The molecule has 0 unspecified atom stereocenters. The molecule has 3 heterocycles. The molecule has 4 rings (SSSR count). The van der Waals surface area contributed by atoms with E-state index in [2.05, 4.69) is 9.97 Å². The van der Waals surface area contributed by atoms with Crippen molar-refractivity contribution in [3.63, 3.8) is 0 Å². The molecular formula is C21H22N4O5. The average molecular weight is 410 g/mol. The summed E-state index contributed by atoms with van der Waals surface area (Å²) in [5.41, 5.74) is 1.09. The summed E-state index contributed by atoms with van der Waals surface area (Å²) in [6, 6.07) is 3.62. The number of carbonyl (C=O) groups is 2. The molecule has 1 fully saturated rings. The highest BCUT2D eigenvalue weighted by Gasteiger charge is 2.25. The quantitative estimate of drug-likeness (QED) is 0.701. The summed E-state index contributed by atoms with van der Waals surface area (Å²) in [5, 5.41) is 0. The molecule has 2 amide bonds. The van der Waals surface area contributed by atoms with Crippen molar-refractivity contribution in [2.24, 2.45) is 0 Å². The van der Waals surface area contributed by atoms with Crippen LogP contribution in [0, 0.1) is 0 Å². The summed E-state index contributed by atoms with van der Waals surface area (Å²) in [7, 11) is 1.56. The van der Waals surface area contributed by atoms with Gasteiger partial charge >= 0.3 is 0 Å². The molecule has 0 saturated carbocycles. The molecule has 0 N–H and O–H groups in total. The summed E-state index contributed by atoms with van der Waals surface area (Å²) >= 11 is 0. The number of aromatic nitrogens is 2. The van der Waals surface area contributed by atoms with Crippen LogP contribution in [0.2, 0.25) is 0 Å². The summed E-state index contributed by atoms with van der Waals surface area (Å²) in [6.07, 6.45) is 7.71. The number of fused-ring (bicyclic) bond motifs is 1. The van der Waals surface area contributed by atoms with Crippen LogP contribution in [0.4, 0.5) is 0 Å². The van der Waals surface area contributed by atoms with Crippen LogP contribution in [-0.2, 0) is 4.79 Å².